The van der Waals surface area contributed by atoms with Gasteiger partial charge in [0.05, 0.1) is 13.2 Å². The van der Waals surface area contributed by atoms with Gasteiger partial charge in [-0.1, -0.05) is 29.8 Å². The van der Waals surface area contributed by atoms with E-state index in [1.54, 1.807) is 0 Å². The van der Waals surface area contributed by atoms with E-state index in [4.69, 9.17) is 28.6 Å². The molecule has 1 N–H and O–H groups in total. The number of thiocarbonyl (C=S) groups is 1. The van der Waals surface area contributed by atoms with Crippen LogP contribution in [0.15, 0.2) is 24.3 Å². The van der Waals surface area contributed by atoms with Crippen molar-refractivity contribution in [3.63, 3.8) is 0 Å². The van der Waals surface area contributed by atoms with Gasteiger partial charge in [-0.15, -0.1) is 0 Å². The van der Waals surface area contributed by atoms with Crippen LogP contribution in [0.1, 0.15) is 31.2 Å². The van der Waals surface area contributed by atoms with E-state index in [-0.39, 0.29) is 5.78 Å². The molecule has 5 nitrogen and oxygen atoms in total. The van der Waals surface area contributed by atoms with Gasteiger partial charge in [-0.2, -0.15) is 0 Å². The highest BCUT2D eigenvalue weighted by atomic mass is 35.5. The minimum atomic E-state index is -0.778. The molecule has 1 saturated carbocycles. The number of likely N-dealkylation sites (N-methyl/N-ethyl adjacent to an activating group) is 1. The summed E-state index contributed by atoms with van der Waals surface area (Å²) in [6.45, 7) is 5.13. The molecule has 1 aliphatic carbocycles. The molecule has 2 fully saturated rings. The van der Waals surface area contributed by atoms with Gasteiger partial charge in [0.1, 0.15) is 5.54 Å². The third-order valence-electron chi connectivity index (χ3n) is 5.66. The van der Waals surface area contributed by atoms with Gasteiger partial charge in [0, 0.05) is 50.2 Å². The molecule has 0 bridgehead atoms. The van der Waals surface area contributed by atoms with Crippen molar-refractivity contribution in [3.8, 4) is 0 Å². The molecule has 0 aromatic heterocycles. The van der Waals surface area contributed by atoms with Gasteiger partial charge in [0.15, 0.2) is 10.9 Å². The van der Waals surface area contributed by atoms with Crippen LogP contribution < -0.4 is 5.32 Å². The van der Waals surface area contributed by atoms with Crippen LogP contribution in [-0.4, -0.2) is 67.1 Å². The number of nitrogens with one attached hydrogen (secondary N) is 1. The second-order valence-electron chi connectivity index (χ2n) is 7.22. The van der Waals surface area contributed by atoms with Crippen molar-refractivity contribution in [3.05, 3.63) is 34.9 Å². The summed E-state index contributed by atoms with van der Waals surface area (Å²) in [5.41, 5.74) is 0.0795. The normalized spacial score (nSPS) is 23.9. The number of hydrogen-bond donors (Lipinski definition) is 1. The number of nitrogens with zero attached hydrogens (tertiary/aromatic N) is 2. The number of benzene rings is 1. The lowest BCUT2D eigenvalue weighted by Gasteiger charge is -2.45. The smallest absolute Gasteiger partial charge is 0.169 e. The maximum atomic E-state index is 13.1. The Morgan fingerprint density at radius 3 is 2.78 bits per heavy atom. The highest BCUT2D eigenvalue weighted by Gasteiger charge is 2.47. The second-order valence-corrected chi connectivity index (χ2v) is 8.01. The van der Waals surface area contributed by atoms with Crippen LogP contribution in [0.3, 0.4) is 0 Å². The summed E-state index contributed by atoms with van der Waals surface area (Å²) in [5.74, 6) is 0.196. The van der Waals surface area contributed by atoms with Crippen molar-refractivity contribution in [2.75, 3.05) is 46.4 Å². The van der Waals surface area contributed by atoms with Gasteiger partial charge in [0.2, 0.25) is 0 Å². The molecular formula is C20H28ClN3O2S. The molecule has 1 aromatic rings. The van der Waals surface area contributed by atoms with Crippen LogP contribution in [0.25, 0.3) is 0 Å². The van der Waals surface area contributed by atoms with E-state index < -0.39 is 5.54 Å². The number of ether oxygens (including phenoxy) is 1. The van der Waals surface area contributed by atoms with E-state index in [2.05, 4.69) is 10.2 Å². The van der Waals surface area contributed by atoms with Crippen LogP contribution in [0.2, 0.25) is 5.02 Å². The molecule has 0 spiro atoms. The lowest BCUT2D eigenvalue weighted by molar-refractivity contribution is -0.131. The lowest BCUT2D eigenvalue weighted by Crippen LogP contribution is -2.57. The first-order valence-electron chi connectivity index (χ1n) is 9.66. The summed E-state index contributed by atoms with van der Waals surface area (Å²) in [7, 11) is 1.91. The van der Waals surface area contributed by atoms with Crippen molar-refractivity contribution in [1.29, 1.82) is 0 Å². The Labute approximate surface area is 172 Å². The second kappa shape index (κ2) is 9.32. The molecule has 1 unspecified atom stereocenters. The molecule has 0 radical (unpaired) electrons. The van der Waals surface area contributed by atoms with Gasteiger partial charge in [-0.25, -0.2) is 0 Å². The third kappa shape index (κ3) is 4.45. The third-order valence-corrected chi connectivity index (χ3v) is 6.41. The standard InChI is InChI=1S/C20H28ClN3O2S/c1-23(19(27)22-10-11-24-12-14-26-15-13-24)20(9-5-4-8-18(20)25)16-6-2-3-7-17(16)21/h2-3,6-7H,4-5,8-15H2,1H3,(H,22,27). The molecule has 1 atom stereocenters. The molecule has 148 valence electrons. The van der Waals surface area contributed by atoms with Crippen molar-refractivity contribution in [2.45, 2.75) is 31.2 Å². The number of hydrogen-bond acceptors (Lipinski definition) is 4. The summed E-state index contributed by atoms with van der Waals surface area (Å²) in [4.78, 5) is 17.4. The highest BCUT2D eigenvalue weighted by Crippen LogP contribution is 2.42. The Morgan fingerprint density at radius 1 is 1.33 bits per heavy atom. The molecule has 0 amide bonds. The first-order valence-corrected chi connectivity index (χ1v) is 10.4. The molecule has 1 saturated heterocycles. The fraction of sp³-hybridized carbons (Fsp3) is 0.600. The molecule has 7 heteroatoms. The largest absolute Gasteiger partial charge is 0.379 e. The molecule has 1 aromatic carbocycles. The Morgan fingerprint density at radius 2 is 2.07 bits per heavy atom. The van der Waals surface area contributed by atoms with Crippen LogP contribution in [0.5, 0.6) is 0 Å². The highest BCUT2D eigenvalue weighted by molar-refractivity contribution is 7.80. The predicted molar refractivity (Wildman–Crippen MR) is 112 cm³/mol. The number of morpholine rings is 1. The average Bonchev–Trinajstić information content (AvgIpc) is 2.69. The zero-order valence-corrected chi connectivity index (χ0v) is 17.5. The Balaban J connectivity index is 1.73. The summed E-state index contributed by atoms with van der Waals surface area (Å²) in [5, 5.41) is 4.56. The van der Waals surface area contributed by atoms with Crippen molar-refractivity contribution >= 4 is 34.7 Å². The summed E-state index contributed by atoms with van der Waals surface area (Å²) >= 11 is 12.2. The van der Waals surface area contributed by atoms with Gasteiger partial charge in [-0.3, -0.25) is 9.69 Å². The predicted octanol–water partition coefficient (Wildman–Crippen LogP) is 2.82. The summed E-state index contributed by atoms with van der Waals surface area (Å²) < 4.78 is 5.38. The molecule has 27 heavy (non-hydrogen) atoms. The number of carbonyl (C=O) groups excluding carboxylic acids is 1. The van der Waals surface area contributed by atoms with Crippen LogP contribution >= 0.6 is 23.8 Å². The maximum absolute atomic E-state index is 13.1. The van der Waals surface area contributed by atoms with Crippen molar-refractivity contribution in [1.82, 2.24) is 15.1 Å². The zero-order chi connectivity index (χ0) is 19.3. The van der Waals surface area contributed by atoms with Gasteiger partial charge in [0.25, 0.3) is 0 Å². The van der Waals surface area contributed by atoms with Crippen molar-refractivity contribution < 1.29 is 9.53 Å². The summed E-state index contributed by atoms with van der Waals surface area (Å²) in [6, 6.07) is 7.64. The molecule has 1 aliphatic heterocycles. The average molecular weight is 410 g/mol. The number of ketones is 1. The Kier molecular flexibility index (Phi) is 7.09. The molecule has 3 rings (SSSR count). The Bertz CT molecular complexity index is 681. The van der Waals surface area contributed by atoms with E-state index in [1.165, 1.54) is 0 Å². The first kappa shape index (κ1) is 20.5. The van der Waals surface area contributed by atoms with Crippen molar-refractivity contribution in [2.24, 2.45) is 0 Å². The van der Waals surface area contributed by atoms with Crippen LogP contribution in [0.4, 0.5) is 0 Å². The van der Waals surface area contributed by atoms with Gasteiger partial charge in [-0.05, 0) is 37.5 Å². The fourth-order valence-corrected chi connectivity index (χ4v) is 4.62. The van der Waals surface area contributed by atoms with E-state index in [0.29, 0.717) is 16.6 Å². The molecule has 2 aliphatic rings. The minimum absolute atomic E-state index is 0.196. The quantitative estimate of drug-likeness (QED) is 0.754. The van der Waals surface area contributed by atoms with E-state index in [9.17, 15) is 4.79 Å². The fourth-order valence-electron chi connectivity index (χ4n) is 4.07. The first-order chi connectivity index (χ1) is 13.1. The number of carbonyl (C=O) groups is 1. The van der Waals surface area contributed by atoms with Crippen LogP contribution in [0, 0.1) is 0 Å². The maximum Gasteiger partial charge on any atom is 0.169 e. The monoisotopic (exact) mass is 409 g/mol. The lowest BCUT2D eigenvalue weighted by atomic mass is 9.74. The van der Waals surface area contributed by atoms with Crippen LogP contribution in [-0.2, 0) is 15.1 Å². The zero-order valence-electron chi connectivity index (χ0n) is 15.9. The SMILES string of the molecule is CN(C(=S)NCCN1CCOCC1)C1(c2ccccc2Cl)CCCCC1=O. The number of halogens is 1. The molecular weight excluding hydrogens is 382 g/mol. The van der Waals surface area contributed by atoms with E-state index in [0.717, 1.165) is 64.2 Å². The van der Waals surface area contributed by atoms with Gasteiger partial charge < -0.3 is 15.0 Å². The molecule has 1 heterocycles. The van der Waals surface area contributed by atoms with Gasteiger partial charge >= 0.3 is 0 Å². The van der Waals surface area contributed by atoms with E-state index in [1.807, 2.05) is 36.2 Å². The number of Topliss-reactive ketones (excluding diaryl/α,β-unsaturated/α-hetero) is 1. The minimum Gasteiger partial charge on any atom is -0.379 e. The summed E-state index contributed by atoms with van der Waals surface area (Å²) in [6.07, 6.45) is 3.21. The number of rotatable bonds is 5. The van der Waals surface area contributed by atoms with E-state index >= 15 is 0 Å². The topological polar surface area (TPSA) is 44.8 Å². The Hall–Kier alpha value is -1.21.